The van der Waals surface area contributed by atoms with Crippen LogP contribution in [-0.4, -0.2) is 18.4 Å². The number of nitrogens with two attached hydrogens (primary N) is 1. The standard InChI is InChI=1S/C19H22N2O3/c1-13(2)14-8-10-16(11-9-14)24-12-17(22)21-18(19(20)23)15-6-4-3-5-7-15/h3-11,13,18H,12H2,1-2H3,(H2,20,23)(H,21,22)/t18-/m1/s1. The molecule has 0 saturated heterocycles. The Morgan fingerprint density at radius 2 is 1.62 bits per heavy atom. The molecule has 0 heterocycles. The molecule has 1 atom stereocenters. The third-order valence-electron chi connectivity index (χ3n) is 3.64. The van der Waals surface area contributed by atoms with Crippen LogP contribution in [0.15, 0.2) is 54.6 Å². The van der Waals surface area contributed by atoms with Gasteiger partial charge < -0.3 is 15.8 Å². The molecule has 2 amide bonds. The van der Waals surface area contributed by atoms with E-state index in [9.17, 15) is 9.59 Å². The molecule has 5 nitrogen and oxygen atoms in total. The second-order valence-corrected chi connectivity index (χ2v) is 5.83. The van der Waals surface area contributed by atoms with Crippen molar-refractivity contribution in [3.05, 3.63) is 65.7 Å². The number of ether oxygens (including phenoxy) is 1. The molecule has 0 aromatic heterocycles. The van der Waals surface area contributed by atoms with Gasteiger partial charge in [0, 0.05) is 0 Å². The lowest BCUT2D eigenvalue weighted by Crippen LogP contribution is -2.39. The summed E-state index contributed by atoms with van der Waals surface area (Å²) >= 11 is 0. The Morgan fingerprint density at radius 3 is 2.17 bits per heavy atom. The van der Waals surface area contributed by atoms with Crippen molar-refractivity contribution in [3.63, 3.8) is 0 Å². The number of nitrogens with one attached hydrogen (secondary N) is 1. The molecule has 0 saturated carbocycles. The molecule has 0 fully saturated rings. The van der Waals surface area contributed by atoms with Gasteiger partial charge in [-0.3, -0.25) is 9.59 Å². The van der Waals surface area contributed by atoms with Crippen molar-refractivity contribution >= 4 is 11.8 Å². The lowest BCUT2D eigenvalue weighted by molar-refractivity contribution is -0.128. The highest BCUT2D eigenvalue weighted by atomic mass is 16.5. The van der Waals surface area contributed by atoms with Gasteiger partial charge in [0.2, 0.25) is 5.91 Å². The first-order valence-electron chi connectivity index (χ1n) is 7.83. The molecule has 5 heteroatoms. The molecule has 2 aromatic carbocycles. The summed E-state index contributed by atoms with van der Waals surface area (Å²) < 4.78 is 5.45. The van der Waals surface area contributed by atoms with Crippen LogP contribution in [0.1, 0.15) is 36.9 Å². The predicted molar refractivity (Wildman–Crippen MR) is 92.5 cm³/mol. The van der Waals surface area contributed by atoms with E-state index in [0.717, 1.165) is 0 Å². The van der Waals surface area contributed by atoms with Gasteiger partial charge >= 0.3 is 0 Å². The number of carbonyl (C=O) groups is 2. The van der Waals surface area contributed by atoms with Crippen LogP contribution in [0.4, 0.5) is 0 Å². The summed E-state index contributed by atoms with van der Waals surface area (Å²) in [7, 11) is 0. The summed E-state index contributed by atoms with van der Waals surface area (Å²) in [5.41, 5.74) is 7.21. The van der Waals surface area contributed by atoms with E-state index in [0.29, 0.717) is 17.2 Å². The Labute approximate surface area is 141 Å². The average Bonchev–Trinajstić information content (AvgIpc) is 2.58. The Balaban J connectivity index is 1.93. The van der Waals surface area contributed by atoms with Crippen molar-refractivity contribution in [1.82, 2.24) is 5.32 Å². The van der Waals surface area contributed by atoms with E-state index in [1.807, 2.05) is 30.3 Å². The monoisotopic (exact) mass is 326 g/mol. The number of hydrogen-bond acceptors (Lipinski definition) is 3. The molecule has 2 rings (SSSR count). The summed E-state index contributed by atoms with van der Waals surface area (Å²) in [5.74, 6) is 0.0147. The molecule has 0 aliphatic heterocycles. The quantitative estimate of drug-likeness (QED) is 0.820. The zero-order chi connectivity index (χ0) is 17.5. The van der Waals surface area contributed by atoms with Crippen LogP contribution in [-0.2, 0) is 9.59 Å². The maximum absolute atomic E-state index is 12.0. The number of primary amides is 1. The molecule has 24 heavy (non-hydrogen) atoms. The SMILES string of the molecule is CC(C)c1ccc(OCC(=O)N[C@@H](C(N)=O)c2ccccc2)cc1. The Kier molecular flexibility index (Phi) is 5.95. The largest absolute Gasteiger partial charge is 0.484 e. The second-order valence-electron chi connectivity index (χ2n) is 5.83. The van der Waals surface area contributed by atoms with Crippen LogP contribution in [0.25, 0.3) is 0 Å². The maximum Gasteiger partial charge on any atom is 0.258 e. The minimum Gasteiger partial charge on any atom is -0.484 e. The zero-order valence-electron chi connectivity index (χ0n) is 13.9. The van der Waals surface area contributed by atoms with Crippen LogP contribution in [0.2, 0.25) is 0 Å². The van der Waals surface area contributed by atoms with E-state index in [1.165, 1.54) is 5.56 Å². The number of rotatable bonds is 7. The smallest absolute Gasteiger partial charge is 0.258 e. The minimum absolute atomic E-state index is 0.183. The average molecular weight is 326 g/mol. The molecule has 0 radical (unpaired) electrons. The molecular weight excluding hydrogens is 304 g/mol. The molecule has 0 unspecified atom stereocenters. The highest BCUT2D eigenvalue weighted by molar-refractivity contribution is 5.88. The molecule has 2 aromatic rings. The molecule has 0 aliphatic carbocycles. The fourth-order valence-corrected chi connectivity index (χ4v) is 2.26. The lowest BCUT2D eigenvalue weighted by atomic mass is 10.0. The van der Waals surface area contributed by atoms with Gasteiger partial charge in [0.25, 0.3) is 5.91 Å². The summed E-state index contributed by atoms with van der Waals surface area (Å²) in [4.78, 5) is 23.6. The maximum atomic E-state index is 12.0. The normalized spacial score (nSPS) is 11.8. The van der Waals surface area contributed by atoms with Gasteiger partial charge in [0.05, 0.1) is 0 Å². The van der Waals surface area contributed by atoms with Crippen LogP contribution in [0.5, 0.6) is 5.75 Å². The van der Waals surface area contributed by atoms with Crippen molar-refractivity contribution in [2.24, 2.45) is 5.73 Å². The van der Waals surface area contributed by atoms with Crippen LogP contribution < -0.4 is 15.8 Å². The Bertz CT molecular complexity index is 682. The van der Waals surface area contributed by atoms with Gasteiger partial charge in [0.15, 0.2) is 6.61 Å². The topological polar surface area (TPSA) is 81.4 Å². The fourth-order valence-electron chi connectivity index (χ4n) is 2.26. The van der Waals surface area contributed by atoms with Gasteiger partial charge in [-0.05, 0) is 29.2 Å². The van der Waals surface area contributed by atoms with Crippen LogP contribution in [0, 0.1) is 0 Å². The van der Waals surface area contributed by atoms with Gasteiger partial charge in [0.1, 0.15) is 11.8 Å². The number of hydrogen-bond donors (Lipinski definition) is 2. The van der Waals surface area contributed by atoms with Gasteiger partial charge in [-0.25, -0.2) is 0 Å². The van der Waals surface area contributed by atoms with E-state index < -0.39 is 17.9 Å². The zero-order valence-corrected chi connectivity index (χ0v) is 13.9. The van der Waals surface area contributed by atoms with Crippen molar-refractivity contribution < 1.29 is 14.3 Å². The number of amides is 2. The second kappa shape index (κ2) is 8.15. The van der Waals surface area contributed by atoms with Crippen molar-refractivity contribution in [3.8, 4) is 5.75 Å². The molecule has 0 spiro atoms. The molecule has 0 aliphatic rings. The summed E-state index contributed by atoms with van der Waals surface area (Å²) in [6, 6.07) is 15.6. The van der Waals surface area contributed by atoms with E-state index in [2.05, 4.69) is 19.2 Å². The summed E-state index contributed by atoms with van der Waals surface area (Å²) in [6.45, 7) is 4.03. The molecule has 0 bridgehead atoms. The molecular formula is C19H22N2O3. The van der Waals surface area contributed by atoms with Gasteiger partial charge in [-0.1, -0.05) is 56.3 Å². The number of benzene rings is 2. The van der Waals surface area contributed by atoms with Crippen molar-refractivity contribution in [1.29, 1.82) is 0 Å². The molecule has 126 valence electrons. The summed E-state index contributed by atoms with van der Waals surface area (Å²) in [5, 5.41) is 2.59. The first kappa shape index (κ1) is 17.5. The Morgan fingerprint density at radius 1 is 1.00 bits per heavy atom. The predicted octanol–water partition coefficient (Wildman–Crippen LogP) is 2.53. The van der Waals surface area contributed by atoms with Crippen molar-refractivity contribution in [2.75, 3.05) is 6.61 Å². The van der Waals surface area contributed by atoms with E-state index in [1.54, 1.807) is 24.3 Å². The summed E-state index contributed by atoms with van der Waals surface area (Å²) in [6.07, 6.45) is 0. The first-order chi connectivity index (χ1) is 11.5. The first-order valence-corrected chi connectivity index (χ1v) is 7.83. The van der Waals surface area contributed by atoms with Gasteiger partial charge in [-0.2, -0.15) is 0 Å². The number of carbonyl (C=O) groups excluding carboxylic acids is 2. The van der Waals surface area contributed by atoms with E-state index in [4.69, 9.17) is 10.5 Å². The highest BCUT2D eigenvalue weighted by Gasteiger charge is 2.20. The molecule has 3 N–H and O–H groups in total. The van der Waals surface area contributed by atoms with Crippen LogP contribution in [0.3, 0.4) is 0 Å². The Hall–Kier alpha value is -2.82. The van der Waals surface area contributed by atoms with Crippen molar-refractivity contribution in [2.45, 2.75) is 25.8 Å². The fraction of sp³-hybridized carbons (Fsp3) is 0.263. The van der Waals surface area contributed by atoms with Crippen LogP contribution >= 0.6 is 0 Å². The van der Waals surface area contributed by atoms with Gasteiger partial charge in [-0.15, -0.1) is 0 Å². The third kappa shape index (κ3) is 4.84. The van der Waals surface area contributed by atoms with E-state index in [-0.39, 0.29) is 6.61 Å². The lowest BCUT2D eigenvalue weighted by Gasteiger charge is -2.16. The van der Waals surface area contributed by atoms with E-state index >= 15 is 0 Å². The third-order valence-corrected chi connectivity index (χ3v) is 3.64. The minimum atomic E-state index is -0.870. The highest BCUT2D eigenvalue weighted by Crippen LogP contribution is 2.18.